The Morgan fingerprint density at radius 1 is 1.35 bits per heavy atom. The lowest BCUT2D eigenvalue weighted by molar-refractivity contribution is -0.255. The van der Waals surface area contributed by atoms with Crippen molar-refractivity contribution < 1.29 is 24.2 Å². The van der Waals surface area contributed by atoms with Gasteiger partial charge in [-0.25, -0.2) is 4.90 Å². The summed E-state index contributed by atoms with van der Waals surface area (Å²) in [7, 11) is 0. The van der Waals surface area contributed by atoms with Gasteiger partial charge in [-0.3, -0.25) is 9.59 Å². The van der Waals surface area contributed by atoms with E-state index in [-0.39, 0.29) is 28.1 Å². The molecule has 6 nitrogen and oxygen atoms in total. The molecule has 0 aliphatic carbocycles. The lowest BCUT2D eigenvalue weighted by Gasteiger charge is -2.24. The predicted molar refractivity (Wildman–Crippen MR) is 77.7 cm³/mol. The van der Waals surface area contributed by atoms with E-state index in [0.717, 1.165) is 4.90 Å². The van der Waals surface area contributed by atoms with Gasteiger partial charge in [0, 0.05) is 10.6 Å². The highest BCUT2D eigenvalue weighted by molar-refractivity contribution is 6.33. The number of halogens is 1. The fourth-order valence-corrected chi connectivity index (χ4v) is 3.91. The van der Waals surface area contributed by atoms with Crippen LogP contribution in [0.15, 0.2) is 30.4 Å². The molecule has 0 aromatic heterocycles. The zero-order chi connectivity index (χ0) is 16.5. The molecule has 0 saturated carbocycles. The molecule has 23 heavy (non-hydrogen) atoms. The maximum Gasteiger partial charge on any atom is 0.241 e. The van der Waals surface area contributed by atoms with Crippen LogP contribution in [0.4, 0.5) is 5.69 Å². The van der Waals surface area contributed by atoms with Crippen LogP contribution in [0.5, 0.6) is 0 Å². The number of hydrogen-bond acceptors (Lipinski definition) is 5. The van der Waals surface area contributed by atoms with E-state index in [4.69, 9.17) is 16.3 Å². The van der Waals surface area contributed by atoms with Crippen LogP contribution in [0.1, 0.15) is 17.3 Å². The number of carbonyl (C=O) groups is 3. The van der Waals surface area contributed by atoms with E-state index in [9.17, 15) is 19.5 Å². The van der Waals surface area contributed by atoms with E-state index in [0.29, 0.717) is 0 Å². The molecule has 0 radical (unpaired) electrons. The SMILES string of the molecule is C[C@@]12C=C[C@@H](O1)[C@H]1C(=O)N(c3ccc(Cl)c(C(=O)[O-])c3)C(=O)[C@@H]12. The molecule has 3 aliphatic rings. The number of carboxylic acids is 1. The van der Waals surface area contributed by atoms with E-state index in [1.165, 1.54) is 18.2 Å². The normalized spacial score (nSPS) is 34.3. The summed E-state index contributed by atoms with van der Waals surface area (Å²) < 4.78 is 5.73. The Morgan fingerprint density at radius 3 is 2.74 bits per heavy atom. The van der Waals surface area contributed by atoms with Crippen molar-refractivity contribution in [3.63, 3.8) is 0 Å². The number of imide groups is 1. The minimum atomic E-state index is -1.46. The molecule has 3 aliphatic heterocycles. The summed E-state index contributed by atoms with van der Waals surface area (Å²) in [5.41, 5.74) is -0.869. The van der Waals surface area contributed by atoms with Crippen LogP contribution in [0.25, 0.3) is 0 Å². The van der Waals surface area contributed by atoms with E-state index in [1.54, 1.807) is 13.0 Å². The first-order valence-electron chi connectivity index (χ1n) is 7.09. The van der Waals surface area contributed by atoms with Gasteiger partial charge in [0.05, 0.1) is 35.2 Å². The second kappa shape index (κ2) is 4.43. The number of amides is 2. The van der Waals surface area contributed by atoms with Crippen molar-refractivity contribution in [2.24, 2.45) is 11.8 Å². The molecule has 2 fully saturated rings. The highest BCUT2D eigenvalue weighted by atomic mass is 35.5. The number of carboxylic acid groups (broad SMARTS) is 1. The second-order valence-electron chi connectivity index (χ2n) is 6.09. The number of hydrogen-bond donors (Lipinski definition) is 0. The highest BCUT2D eigenvalue weighted by Crippen LogP contribution is 2.52. The van der Waals surface area contributed by atoms with Crippen LogP contribution in [0.2, 0.25) is 5.02 Å². The third-order valence-corrected chi connectivity index (χ3v) is 5.09. The molecule has 2 saturated heterocycles. The third kappa shape index (κ3) is 1.76. The first-order valence-corrected chi connectivity index (χ1v) is 7.47. The molecule has 1 aromatic carbocycles. The minimum absolute atomic E-state index is 0.00919. The van der Waals surface area contributed by atoms with Gasteiger partial charge >= 0.3 is 0 Å². The van der Waals surface area contributed by atoms with Crippen molar-refractivity contribution in [3.05, 3.63) is 40.9 Å². The van der Waals surface area contributed by atoms with E-state index < -0.39 is 29.5 Å². The number of fused-ring (bicyclic) bond motifs is 5. The summed E-state index contributed by atoms with van der Waals surface area (Å²) in [5, 5.41) is 11.1. The number of carbonyl (C=O) groups excluding carboxylic acids is 3. The molecule has 3 heterocycles. The van der Waals surface area contributed by atoms with Gasteiger partial charge in [-0.2, -0.15) is 0 Å². The molecule has 7 heteroatoms. The fourth-order valence-electron chi connectivity index (χ4n) is 3.72. The smallest absolute Gasteiger partial charge is 0.241 e. The molecule has 0 unspecified atom stereocenters. The zero-order valence-electron chi connectivity index (χ0n) is 12.0. The standard InChI is InChI=1S/C16H12ClNO5/c1-16-5-4-10(23-16)11-12(16)14(20)18(13(11)19)7-2-3-9(17)8(6-7)15(21)22/h2-6,10-12H,1H3,(H,21,22)/p-1/t10-,11-,12-,16+/m1/s1. The Morgan fingerprint density at radius 2 is 2.09 bits per heavy atom. The Balaban J connectivity index is 1.78. The molecule has 0 N–H and O–H groups in total. The molecule has 2 bridgehead atoms. The molecule has 4 atom stereocenters. The van der Waals surface area contributed by atoms with Gasteiger partial charge in [-0.05, 0) is 25.1 Å². The van der Waals surface area contributed by atoms with Crippen molar-refractivity contribution in [2.45, 2.75) is 18.6 Å². The van der Waals surface area contributed by atoms with Gasteiger partial charge in [0.2, 0.25) is 11.8 Å². The second-order valence-corrected chi connectivity index (χ2v) is 6.50. The van der Waals surface area contributed by atoms with Crippen molar-refractivity contribution in [3.8, 4) is 0 Å². The van der Waals surface area contributed by atoms with Crippen molar-refractivity contribution in [2.75, 3.05) is 4.90 Å². The van der Waals surface area contributed by atoms with Gasteiger partial charge in [-0.1, -0.05) is 23.8 Å². The van der Waals surface area contributed by atoms with Crippen LogP contribution in [0, 0.1) is 11.8 Å². The van der Waals surface area contributed by atoms with E-state index in [2.05, 4.69) is 0 Å². The maximum absolute atomic E-state index is 12.8. The first kappa shape index (κ1) is 14.4. The molecule has 118 valence electrons. The fraction of sp³-hybridized carbons (Fsp3) is 0.312. The number of anilines is 1. The van der Waals surface area contributed by atoms with Crippen LogP contribution in [-0.2, 0) is 14.3 Å². The van der Waals surface area contributed by atoms with Crippen LogP contribution in [0.3, 0.4) is 0 Å². The summed E-state index contributed by atoms with van der Waals surface area (Å²) in [5.74, 6) is -3.40. The predicted octanol–water partition coefficient (Wildman–Crippen LogP) is 0.536. The zero-order valence-corrected chi connectivity index (χ0v) is 12.7. The largest absolute Gasteiger partial charge is 0.545 e. The molecule has 2 amide bonds. The van der Waals surface area contributed by atoms with Crippen molar-refractivity contribution >= 4 is 35.1 Å². The maximum atomic E-state index is 12.8. The summed E-state index contributed by atoms with van der Waals surface area (Å²) in [6.45, 7) is 1.78. The first-order chi connectivity index (χ1) is 10.8. The molecule has 1 aromatic rings. The highest BCUT2D eigenvalue weighted by Gasteiger charge is 2.66. The number of rotatable bonds is 2. The molecule has 4 rings (SSSR count). The summed E-state index contributed by atoms with van der Waals surface area (Å²) in [6.07, 6.45) is 3.19. The molecular weight excluding hydrogens is 322 g/mol. The number of nitrogens with zero attached hydrogens (tertiary/aromatic N) is 1. The van der Waals surface area contributed by atoms with E-state index in [1.807, 2.05) is 6.08 Å². The quantitative estimate of drug-likeness (QED) is 0.582. The van der Waals surface area contributed by atoms with Gasteiger partial charge in [0.1, 0.15) is 0 Å². The Bertz CT molecular complexity index is 804. The molecule has 0 spiro atoms. The Hall–Kier alpha value is -2.18. The minimum Gasteiger partial charge on any atom is -0.545 e. The van der Waals surface area contributed by atoms with Crippen molar-refractivity contribution in [1.29, 1.82) is 0 Å². The Labute approximate surface area is 136 Å². The average Bonchev–Trinajstić information content (AvgIpc) is 3.09. The van der Waals surface area contributed by atoms with Gasteiger partial charge in [-0.15, -0.1) is 0 Å². The molecular formula is C16H11ClNO5-. The van der Waals surface area contributed by atoms with E-state index >= 15 is 0 Å². The van der Waals surface area contributed by atoms with Gasteiger partial charge in [0.15, 0.2) is 0 Å². The van der Waals surface area contributed by atoms with Gasteiger partial charge in [0.25, 0.3) is 0 Å². The average molecular weight is 333 g/mol. The lowest BCUT2D eigenvalue weighted by Crippen LogP contribution is -2.38. The summed E-state index contributed by atoms with van der Waals surface area (Å²) in [6, 6.07) is 3.97. The topological polar surface area (TPSA) is 86.7 Å². The van der Waals surface area contributed by atoms with Crippen LogP contribution in [-0.4, -0.2) is 29.5 Å². The summed E-state index contributed by atoms with van der Waals surface area (Å²) in [4.78, 5) is 37.6. The lowest BCUT2D eigenvalue weighted by atomic mass is 9.78. The van der Waals surface area contributed by atoms with Crippen LogP contribution >= 0.6 is 11.6 Å². The third-order valence-electron chi connectivity index (χ3n) is 4.76. The summed E-state index contributed by atoms with van der Waals surface area (Å²) >= 11 is 5.81. The number of aromatic carboxylic acids is 1. The van der Waals surface area contributed by atoms with Crippen molar-refractivity contribution in [1.82, 2.24) is 0 Å². The Kier molecular flexibility index (Phi) is 2.77. The number of ether oxygens (including phenoxy) is 1. The van der Waals surface area contributed by atoms with Crippen LogP contribution < -0.4 is 10.0 Å². The monoisotopic (exact) mass is 332 g/mol. The number of benzene rings is 1. The van der Waals surface area contributed by atoms with Gasteiger partial charge < -0.3 is 14.6 Å².